The Kier molecular flexibility index (Phi) is 5.05. The van der Waals surface area contributed by atoms with E-state index in [1.165, 1.54) is 17.0 Å². The van der Waals surface area contributed by atoms with E-state index < -0.39 is 18.0 Å². The number of ether oxygens (including phenoxy) is 1. The molecule has 2 atom stereocenters. The van der Waals surface area contributed by atoms with Gasteiger partial charge in [-0.25, -0.2) is 4.79 Å². The fourth-order valence-electron chi connectivity index (χ4n) is 4.95. The average molecular weight is 429 g/mol. The van der Waals surface area contributed by atoms with Crippen molar-refractivity contribution in [2.75, 3.05) is 19.7 Å². The third-order valence-corrected chi connectivity index (χ3v) is 6.55. The third kappa shape index (κ3) is 3.47. The second kappa shape index (κ2) is 8.04. The number of aromatic hydroxyl groups is 1. The number of carboxylic acid groups (broad SMARTS) is 1. The summed E-state index contributed by atoms with van der Waals surface area (Å²) in [5.41, 5.74) is 5.36. The normalized spacial score (nSPS) is 19.4. The Morgan fingerprint density at radius 1 is 0.875 bits per heavy atom. The van der Waals surface area contributed by atoms with Gasteiger partial charge in [0.25, 0.3) is 0 Å². The molecular formula is C26H23NO5. The summed E-state index contributed by atoms with van der Waals surface area (Å²) in [6, 6.07) is 22.7. The van der Waals surface area contributed by atoms with Crippen LogP contribution < -0.4 is 0 Å². The van der Waals surface area contributed by atoms with Crippen LogP contribution in [0.4, 0.5) is 4.79 Å². The SMILES string of the molecule is O=C(O)[C@H]1CN(C(=O)OCC2c3ccccc3-c3ccccc32)C[C@@H]1c1ccc(O)cc1. The Labute approximate surface area is 185 Å². The maximum atomic E-state index is 12.9. The van der Waals surface area contributed by atoms with Gasteiger partial charge in [0.1, 0.15) is 12.4 Å². The van der Waals surface area contributed by atoms with Gasteiger partial charge in [-0.15, -0.1) is 0 Å². The van der Waals surface area contributed by atoms with Crippen molar-refractivity contribution >= 4 is 12.1 Å². The smallest absolute Gasteiger partial charge is 0.409 e. The average Bonchev–Trinajstić information content (AvgIpc) is 3.39. The number of phenolic OH excluding ortho intramolecular Hbond substituents is 1. The molecule has 5 rings (SSSR count). The van der Waals surface area contributed by atoms with Gasteiger partial charge < -0.3 is 19.8 Å². The van der Waals surface area contributed by atoms with Crippen LogP contribution in [0.3, 0.4) is 0 Å². The zero-order chi connectivity index (χ0) is 22.2. The van der Waals surface area contributed by atoms with E-state index in [1.807, 2.05) is 24.3 Å². The second-order valence-corrected chi connectivity index (χ2v) is 8.35. The molecular weight excluding hydrogens is 406 g/mol. The molecule has 6 heteroatoms. The first-order valence-electron chi connectivity index (χ1n) is 10.6. The first kappa shape index (κ1) is 20.1. The van der Waals surface area contributed by atoms with Gasteiger partial charge in [-0.2, -0.15) is 0 Å². The lowest BCUT2D eigenvalue weighted by molar-refractivity contribution is -0.141. The summed E-state index contributed by atoms with van der Waals surface area (Å²) < 4.78 is 5.71. The van der Waals surface area contributed by atoms with Crippen molar-refractivity contribution in [2.24, 2.45) is 5.92 Å². The van der Waals surface area contributed by atoms with Gasteiger partial charge in [-0.1, -0.05) is 60.7 Å². The van der Waals surface area contributed by atoms with Crippen LogP contribution in [-0.4, -0.2) is 46.9 Å². The quantitative estimate of drug-likeness (QED) is 0.640. The Hall–Kier alpha value is -3.80. The molecule has 1 fully saturated rings. The molecule has 2 aliphatic rings. The molecule has 1 aliphatic carbocycles. The zero-order valence-electron chi connectivity index (χ0n) is 17.3. The molecule has 1 aliphatic heterocycles. The molecule has 1 heterocycles. The third-order valence-electron chi connectivity index (χ3n) is 6.55. The molecule has 3 aromatic rings. The minimum Gasteiger partial charge on any atom is -0.508 e. The summed E-state index contributed by atoms with van der Waals surface area (Å²) in [5.74, 6) is -1.95. The molecule has 3 aromatic carbocycles. The molecule has 2 N–H and O–H groups in total. The number of amides is 1. The monoisotopic (exact) mass is 429 g/mol. The number of benzene rings is 3. The number of hydrogen-bond acceptors (Lipinski definition) is 4. The fraction of sp³-hybridized carbons (Fsp3) is 0.231. The minimum atomic E-state index is -0.947. The standard InChI is InChI=1S/C26H23NO5/c28-17-11-9-16(10-12-17)22-13-27(14-23(22)25(29)30)26(31)32-15-24-20-7-3-1-5-18(20)19-6-2-4-8-21(19)24/h1-12,22-24,28H,13-15H2,(H,29,30)/t22-,23+/m1/s1. The van der Waals surface area contributed by atoms with Crippen LogP contribution in [0.25, 0.3) is 11.1 Å². The minimum absolute atomic E-state index is 0.0443. The van der Waals surface area contributed by atoms with Crippen LogP contribution in [-0.2, 0) is 9.53 Å². The topological polar surface area (TPSA) is 87.1 Å². The Bertz CT molecular complexity index is 1130. The molecule has 0 saturated carbocycles. The molecule has 6 nitrogen and oxygen atoms in total. The number of carboxylic acids is 1. The lowest BCUT2D eigenvalue weighted by Crippen LogP contribution is -2.31. The van der Waals surface area contributed by atoms with Crippen LogP contribution >= 0.6 is 0 Å². The van der Waals surface area contributed by atoms with Crippen LogP contribution in [0.1, 0.15) is 28.5 Å². The molecule has 1 saturated heterocycles. The van der Waals surface area contributed by atoms with E-state index >= 15 is 0 Å². The summed E-state index contributed by atoms with van der Waals surface area (Å²) in [4.78, 5) is 26.2. The first-order valence-corrected chi connectivity index (χ1v) is 10.6. The molecule has 0 unspecified atom stereocenters. The van der Waals surface area contributed by atoms with Gasteiger partial charge in [-0.05, 0) is 39.9 Å². The number of carbonyl (C=O) groups is 2. The largest absolute Gasteiger partial charge is 0.508 e. The summed E-state index contributed by atoms with van der Waals surface area (Å²) in [5, 5.41) is 19.2. The van der Waals surface area contributed by atoms with E-state index in [1.54, 1.807) is 12.1 Å². The molecule has 0 radical (unpaired) electrons. The van der Waals surface area contributed by atoms with Gasteiger partial charge >= 0.3 is 12.1 Å². The van der Waals surface area contributed by atoms with Crippen molar-refractivity contribution in [3.8, 4) is 16.9 Å². The van der Waals surface area contributed by atoms with Crippen molar-refractivity contribution in [3.05, 3.63) is 89.5 Å². The molecule has 1 amide bonds. The highest BCUT2D eigenvalue weighted by Crippen LogP contribution is 2.44. The van der Waals surface area contributed by atoms with Gasteiger partial charge in [0, 0.05) is 24.9 Å². The number of fused-ring (bicyclic) bond motifs is 3. The highest BCUT2D eigenvalue weighted by molar-refractivity contribution is 5.79. The number of phenols is 1. The maximum absolute atomic E-state index is 12.9. The van der Waals surface area contributed by atoms with Crippen LogP contribution in [0.5, 0.6) is 5.75 Å². The summed E-state index contributed by atoms with van der Waals surface area (Å²) in [7, 11) is 0. The van der Waals surface area contributed by atoms with Crippen molar-refractivity contribution in [2.45, 2.75) is 11.8 Å². The second-order valence-electron chi connectivity index (χ2n) is 8.35. The Morgan fingerprint density at radius 2 is 1.47 bits per heavy atom. The predicted octanol–water partition coefficient (Wildman–Crippen LogP) is 4.44. The number of carbonyl (C=O) groups excluding carboxylic acids is 1. The molecule has 0 spiro atoms. The van der Waals surface area contributed by atoms with E-state index in [2.05, 4.69) is 24.3 Å². The number of hydrogen-bond donors (Lipinski definition) is 2. The van der Waals surface area contributed by atoms with E-state index in [-0.39, 0.29) is 37.3 Å². The van der Waals surface area contributed by atoms with Gasteiger partial charge in [0.2, 0.25) is 0 Å². The first-order chi connectivity index (χ1) is 15.5. The van der Waals surface area contributed by atoms with Crippen LogP contribution in [0, 0.1) is 5.92 Å². The summed E-state index contributed by atoms with van der Waals surface area (Å²) >= 11 is 0. The van der Waals surface area contributed by atoms with Gasteiger partial charge in [-0.3, -0.25) is 4.79 Å². The summed E-state index contributed by atoms with van der Waals surface area (Å²) in [6.45, 7) is 0.556. The Balaban J connectivity index is 1.32. The van der Waals surface area contributed by atoms with Crippen LogP contribution in [0.2, 0.25) is 0 Å². The molecule has 0 bridgehead atoms. The van der Waals surface area contributed by atoms with E-state index in [4.69, 9.17) is 4.74 Å². The Morgan fingerprint density at radius 3 is 2.06 bits per heavy atom. The summed E-state index contributed by atoms with van der Waals surface area (Å²) in [6.07, 6.45) is -0.501. The maximum Gasteiger partial charge on any atom is 0.409 e. The van der Waals surface area contributed by atoms with Crippen LogP contribution in [0.15, 0.2) is 72.8 Å². The van der Waals surface area contributed by atoms with Crippen molar-refractivity contribution < 1.29 is 24.5 Å². The highest BCUT2D eigenvalue weighted by atomic mass is 16.6. The number of rotatable bonds is 4. The lowest BCUT2D eigenvalue weighted by Gasteiger charge is -2.19. The number of aliphatic carboxylic acids is 1. The van der Waals surface area contributed by atoms with Crippen molar-refractivity contribution in [1.29, 1.82) is 0 Å². The van der Waals surface area contributed by atoms with Gasteiger partial charge in [0.15, 0.2) is 0 Å². The highest BCUT2D eigenvalue weighted by Gasteiger charge is 2.41. The lowest BCUT2D eigenvalue weighted by atomic mass is 9.89. The van der Waals surface area contributed by atoms with Crippen molar-refractivity contribution in [3.63, 3.8) is 0 Å². The van der Waals surface area contributed by atoms with E-state index in [9.17, 15) is 19.8 Å². The van der Waals surface area contributed by atoms with E-state index in [0.717, 1.165) is 27.8 Å². The zero-order valence-corrected chi connectivity index (χ0v) is 17.3. The van der Waals surface area contributed by atoms with Gasteiger partial charge in [0.05, 0.1) is 5.92 Å². The molecule has 32 heavy (non-hydrogen) atoms. The predicted molar refractivity (Wildman–Crippen MR) is 119 cm³/mol. The van der Waals surface area contributed by atoms with E-state index in [0.29, 0.717) is 0 Å². The molecule has 162 valence electrons. The number of nitrogens with zero attached hydrogens (tertiary/aromatic N) is 1. The molecule has 0 aromatic heterocycles. The van der Waals surface area contributed by atoms with Crippen molar-refractivity contribution in [1.82, 2.24) is 4.90 Å². The fourth-order valence-corrected chi connectivity index (χ4v) is 4.95. The number of likely N-dealkylation sites (tertiary alicyclic amines) is 1.